The largest absolute Gasteiger partial charge is 0.0616 e. The smallest absolute Gasteiger partial charge is 0.0147 e. The molecule has 0 radical (unpaired) electrons. The Labute approximate surface area is 84.6 Å². The summed E-state index contributed by atoms with van der Waals surface area (Å²) in [7, 11) is 0. The first kappa shape index (κ1) is 8.05. The fraction of sp³-hybridized carbons (Fsp3) is 0.286. The zero-order chi connectivity index (χ0) is 9.54. The lowest BCUT2D eigenvalue weighted by Crippen LogP contribution is -1.88. The van der Waals surface area contributed by atoms with Gasteiger partial charge in [0.15, 0.2) is 0 Å². The first-order valence-corrected chi connectivity index (χ1v) is 5.36. The number of hydrogen-bond acceptors (Lipinski definition) is 0. The van der Waals surface area contributed by atoms with Crippen molar-refractivity contribution in [1.29, 1.82) is 0 Å². The third-order valence-corrected chi connectivity index (χ3v) is 3.33. The van der Waals surface area contributed by atoms with Crippen molar-refractivity contribution in [1.82, 2.24) is 0 Å². The van der Waals surface area contributed by atoms with Crippen LogP contribution >= 0.6 is 0 Å². The molecule has 0 spiro atoms. The van der Waals surface area contributed by atoms with Gasteiger partial charge < -0.3 is 0 Å². The van der Waals surface area contributed by atoms with Gasteiger partial charge in [0.2, 0.25) is 0 Å². The summed E-state index contributed by atoms with van der Waals surface area (Å²) in [5.41, 5.74) is 4.62. The van der Waals surface area contributed by atoms with Crippen molar-refractivity contribution < 1.29 is 0 Å². The molecule has 1 aliphatic carbocycles. The minimum absolute atomic E-state index is 1.27. The van der Waals surface area contributed by atoms with Crippen LogP contribution in [0.3, 0.4) is 0 Å². The summed E-state index contributed by atoms with van der Waals surface area (Å²) in [5, 5.41) is 2.92. The summed E-state index contributed by atoms with van der Waals surface area (Å²) in [6.07, 6.45) is 3.89. The van der Waals surface area contributed by atoms with Crippen LogP contribution in [0.1, 0.15) is 23.1 Å². The van der Waals surface area contributed by atoms with Crippen molar-refractivity contribution in [3.8, 4) is 0 Å². The maximum atomic E-state index is 2.38. The van der Waals surface area contributed by atoms with Crippen molar-refractivity contribution in [2.24, 2.45) is 0 Å². The van der Waals surface area contributed by atoms with Gasteiger partial charge in [-0.15, -0.1) is 0 Å². The van der Waals surface area contributed by atoms with Crippen LogP contribution in [0, 0.1) is 6.92 Å². The molecular weight excluding hydrogens is 168 g/mol. The summed E-state index contributed by atoms with van der Waals surface area (Å²) >= 11 is 0. The first-order chi connectivity index (χ1) is 6.86. The summed E-state index contributed by atoms with van der Waals surface area (Å²) in [4.78, 5) is 0. The Balaban J connectivity index is 2.47. The van der Waals surface area contributed by atoms with Crippen molar-refractivity contribution in [3.05, 3.63) is 47.0 Å². The van der Waals surface area contributed by atoms with E-state index in [0.29, 0.717) is 0 Å². The van der Waals surface area contributed by atoms with E-state index in [2.05, 4.69) is 37.3 Å². The first-order valence-electron chi connectivity index (χ1n) is 5.36. The highest BCUT2D eigenvalue weighted by molar-refractivity contribution is 5.90. The zero-order valence-electron chi connectivity index (χ0n) is 8.51. The van der Waals surface area contributed by atoms with E-state index < -0.39 is 0 Å². The summed E-state index contributed by atoms with van der Waals surface area (Å²) in [6.45, 7) is 2.22. The van der Waals surface area contributed by atoms with Crippen LogP contribution in [0.25, 0.3) is 10.8 Å². The maximum Gasteiger partial charge on any atom is -0.0147 e. The molecule has 0 amide bonds. The quantitative estimate of drug-likeness (QED) is 0.583. The molecule has 0 bridgehead atoms. The molecule has 0 aromatic heterocycles. The van der Waals surface area contributed by atoms with E-state index in [-0.39, 0.29) is 0 Å². The second-order valence-corrected chi connectivity index (χ2v) is 4.23. The minimum atomic E-state index is 1.27. The lowest BCUT2D eigenvalue weighted by molar-refractivity contribution is 0.913. The van der Waals surface area contributed by atoms with E-state index in [1.165, 1.54) is 35.6 Å². The average molecular weight is 182 g/mol. The van der Waals surface area contributed by atoms with Gasteiger partial charge in [-0.2, -0.15) is 0 Å². The average Bonchev–Trinajstić information content (AvgIpc) is 2.66. The van der Waals surface area contributed by atoms with Crippen molar-refractivity contribution >= 4 is 10.8 Å². The molecule has 0 heterocycles. The molecular formula is C14H14. The predicted molar refractivity (Wildman–Crippen MR) is 60.7 cm³/mol. The lowest BCUT2D eigenvalue weighted by Gasteiger charge is -2.08. The molecule has 70 valence electrons. The number of fused-ring (bicyclic) bond motifs is 3. The molecule has 3 rings (SSSR count). The topological polar surface area (TPSA) is 0 Å². The highest BCUT2D eigenvalue weighted by Crippen LogP contribution is 2.31. The molecule has 14 heavy (non-hydrogen) atoms. The van der Waals surface area contributed by atoms with Gasteiger partial charge in [-0.25, -0.2) is 0 Å². The minimum Gasteiger partial charge on any atom is -0.0616 e. The third kappa shape index (κ3) is 1.00. The molecule has 0 saturated heterocycles. The molecule has 0 unspecified atom stereocenters. The van der Waals surface area contributed by atoms with Crippen molar-refractivity contribution in [3.63, 3.8) is 0 Å². The second-order valence-electron chi connectivity index (χ2n) is 4.23. The molecule has 2 aromatic carbocycles. The summed E-state index contributed by atoms with van der Waals surface area (Å²) in [6, 6.07) is 11.2. The molecule has 1 aliphatic rings. The summed E-state index contributed by atoms with van der Waals surface area (Å²) in [5.74, 6) is 0. The number of aryl methyl sites for hydroxylation is 3. The van der Waals surface area contributed by atoms with Gasteiger partial charge in [-0.05, 0) is 53.6 Å². The number of hydrogen-bond donors (Lipinski definition) is 0. The van der Waals surface area contributed by atoms with Gasteiger partial charge in [0.05, 0.1) is 0 Å². The van der Waals surface area contributed by atoms with Gasteiger partial charge in [-0.1, -0.05) is 30.3 Å². The number of benzene rings is 2. The molecule has 0 saturated carbocycles. The van der Waals surface area contributed by atoms with Crippen LogP contribution < -0.4 is 0 Å². The Morgan fingerprint density at radius 1 is 1.00 bits per heavy atom. The molecule has 0 heteroatoms. The third-order valence-electron chi connectivity index (χ3n) is 3.33. The van der Waals surface area contributed by atoms with Crippen LogP contribution in [-0.4, -0.2) is 0 Å². The Morgan fingerprint density at radius 2 is 1.79 bits per heavy atom. The van der Waals surface area contributed by atoms with E-state index in [1.54, 1.807) is 11.1 Å². The predicted octanol–water partition coefficient (Wildman–Crippen LogP) is 3.64. The van der Waals surface area contributed by atoms with E-state index >= 15 is 0 Å². The van der Waals surface area contributed by atoms with Crippen LogP contribution in [0.4, 0.5) is 0 Å². The Morgan fingerprint density at radius 3 is 2.64 bits per heavy atom. The van der Waals surface area contributed by atoms with Gasteiger partial charge in [0.25, 0.3) is 0 Å². The van der Waals surface area contributed by atoms with E-state index in [1.807, 2.05) is 0 Å². The Kier molecular flexibility index (Phi) is 1.63. The van der Waals surface area contributed by atoms with Crippen molar-refractivity contribution in [2.45, 2.75) is 26.2 Å². The monoisotopic (exact) mass is 182 g/mol. The maximum absolute atomic E-state index is 2.38. The molecule has 2 aromatic rings. The fourth-order valence-corrected chi connectivity index (χ4v) is 2.66. The summed E-state index contributed by atoms with van der Waals surface area (Å²) < 4.78 is 0. The van der Waals surface area contributed by atoms with Crippen molar-refractivity contribution in [2.75, 3.05) is 0 Å². The molecule has 0 aliphatic heterocycles. The van der Waals surface area contributed by atoms with Gasteiger partial charge in [-0.3, -0.25) is 0 Å². The fourth-order valence-electron chi connectivity index (χ4n) is 2.66. The highest BCUT2D eigenvalue weighted by atomic mass is 14.2. The Hall–Kier alpha value is -1.30. The van der Waals surface area contributed by atoms with Gasteiger partial charge in [0.1, 0.15) is 0 Å². The standard InChI is InChI=1S/C14H14/c1-10-9-11-5-4-8-13(11)14-7-3-2-6-12(10)14/h2-3,6-7,9H,4-5,8H2,1H3. The normalized spacial score (nSPS) is 14.6. The highest BCUT2D eigenvalue weighted by Gasteiger charge is 2.14. The van der Waals surface area contributed by atoms with Crippen LogP contribution in [0.2, 0.25) is 0 Å². The SMILES string of the molecule is Cc1cc2c(c3ccccc13)CCC2. The van der Waals surface area contributed by atoms with Crippen LogP contribution in [0.15, 0.2) is 30.3 Å². The second kappa shape index (κ2) is 2.84. The van der Waals surface area contributed by atoms with Gasteiger partial charge in [0, 0.05) is 0 Å². The zero-order valence-corrected chi connectivity index (χ0v) is 8.51. The van der Waals surface area contributed by atoms with E-state index in [0.717, 1.165) is 0 Å². The van der Waals surface area contributed by atoms with Crippen LogP contribution in [-0.2, 0) is 12.8 Å². The van der Waals surface area contributed by atoms with E-state index in [9.17, 15) is 0 Å². The van der Waals surface area contributed by atoms with Crippen LogP contribution in [0.5, 0.6) is 0 Å². The molecule has 0 nitrogen and oxygen atoms in total. The molecule has 0 atom stereocenters. The molecule has 0 fully saturated rings. The van der Waals surface area contributed by atoms with E-state index in [4.69, 9.17) is 0 Å². The lowest BCUT2D eigenvalue weighted by atomic mass is 9.97. The molecule has 0 N–H and O–H groups in total. The van der Waals surface area contributed by atoms with Gasteiger partial charge >= 0.3 is 0 Å². The Bertz CT molecular complexity index is 495. The number of rotatable bonds is 0.